The Morgan fingerprint density at radius 3 is 1.97 bits per heavy atom. The summed E-state index contributed by atoms with van der Waals surface area (Å²) < 4.78 is 0. The largest absolute Gasteiger partial charge is 0.369 e. The molecule has 3 rings (SSSR count). The molecular formula is C25H30N4O2. The maximum absolute atomic E-state index is 12.8. The Kier molecular flexibility index (Phi) is 6.77. The second-order valence-electron chi connectivity index (χ2n) is 8.99. The Bertz CT molecular complexity index is 903. The number of benzene rings is 2. The van der Waals surface area contributed by atoms with Crippen LogP contribution < -0.4 is 16.4 Å². The second kappa shape index (κ2) is 9.32. The molecule has 1 heterocycles. The van der Waals surface area contributed by atoms with Crippen molar-refractivity contribution in [1.82, 2.24) is 10.6 Å². The number of nitriles is 1. The molecule has 1 saturated heterocycles. The summed E-state index contributed by atoms with van der Waals surface area (Å²) in [5, 5.41) is 16.8. The van der Waals surface area contributed by atoms with Crippen LogP contribution in [-0.2, 0) is 9.59 Å². The van der Waals surface area contributed by atoms with Crippen molar-refractivity contribution in [2.24, 2.45) is 11.1 Å². The predicted molar refractivity (Wildman–Crippen MR) is 119 cm³/mol. The van der Waals surface area contributed by atoms with Gasteiger partial charge in [-0.3, -0.25) is 9.59 Å². The van der Waals surface area contributed by atoms with E-state index in [0.29, 0.717) is 19.3 Å². The Balaban J connectivity index is 1.83. The zero-order valence-corrected chi connectivity index (χ0v) is 18.1. The third kappa shape index (κ3) is 5.50. The minimum atomic E-state index is -1.01. The van der Waals surface area contributed by atoms with Crippen molar-refractivity contribution in [1.29, 1.82) is 5.26 Å². The van der Waals surface area contributed by atoms with E-state index in [0.717, 1.165) is 11.1 Å². The van der Waals surface area contributed by atoms with E-state index in [1.165, 1.54) is 0 Å². The van der Waals surface area contributed by atoms with Gasteiger partial charge < -0.3 is 16.4 Å². The van der Waals surface area contributed by atoms with Crippen LogP contribution in [0.1, 0.15) is 62.7 Å². The van der Waals surface area contributed by atoms with Crippen molar-refractivity contribution < 1.29 is 9.59 Å². The molecule has 0 aliphatic carbocycles. The Labute approximate surface area is 183 Å². The van der Waals surface area contributed by atoms with Gasteiger partial charge in [-0.2, -0.15) is 5.26 Å². The summed E-state index contributed by atoms with van der Waals surface area (Å²) in [5.41, 5.74) is 5.79. The molecule has 0 bridgehead atoms. The topological polar surface area (TPSA) is 108 Å². The van der Waals surface area contributed by atoms with Crippen molar-refractivity contribution in [3.8, 4) is 6.07 Å². The van der Waals surface area contributed by atoms with Gasteiger partial charge in [0.15, 0.2) is 0 Å². The van der Waals surface area contributed by atoms with E-state index >= 15 is 0 Å². The fraction of sp³-hybridized carbons (Fsp3) is 0.400. The summed E-state index contributed by atoms with van der Waals surface area (Å²) >= 11 is 0. The fourth-order valence-corrected chi connectivity index (χ4v) is 4.04. The van der Waals surface area contributed by atoms with Gasteiger partial charge in [0.05, 0.1) is 6.07 Å². The summed E-state index contributed by atoms with van der Waals surface area (Å²) in [5.74, 6) is -0.679. The first kappa shape index (κ1) is 22.5. The predicted octanol–water partition coefficient (Wildman–Crippen LogP) is 3.52. The van der Waals surface area contributed by atoms with Crippen molar-refractivity contribution in [2.75, 3.05) is 0 Å². The molecule has 4 N–H and O–H groups in total. The fourth-order valence-electron chi connectivity index (χ4n) is 4.04. The number of primary amides is 1. The van der Waals surface area contributed by atoms with Crippen LogP contribution in [0.5, 0.6) is 0 Å². The standard InChI is InChI=1S/C25H30N4O2/c1-24(2,23(27)31)14-13-22(30)29-25(17-26)15-20(18-9-5-3-6-10-18)28-21(16-25)19-11-7-4-8-12-19/h3-12,20-21,28H,13-16H2,1-2H3,(H2,27,31)(H,29,30). The zero-order chi connectivity index (χ0) is 22.5. The first-order valence-corrected chi connectivity index (χ1v) is 10.6. The number of rotatable bonds is 7. The molecule has 2 unspecified atom stereocenters. The second-order valence-corrected chi connectivity index (χ2v) is 8.99. The third-order valence-corrected chi connectivity index (χ3v) is 6.15. The molecule has 6 heteroatoms. The SMILES string of the molecule is CC(C)(CCC(=O)NC1(C#N)CC(c2ccccc2)NC(c2ccccc2)C1)C(N)=O. The number of hydrogen-bond donors (Lipinski definition) is 3. The third-order valence-electron chi connectivity index (χ3n) is 6.15. The molecule has 2 amide bonds. The molecule has 31 heavy (non-hydrogen) atoms. The van der Waals surface area contributed by atoms with Crippen LogP contribution in [0.4, 0.5) is 0 Å². The lowest BCUT2D eigenvalue weighted by Crippen LogP contribution is -2.55. The van der Waals surface area contributed by atoms with E-state index in [1.54, 1.807) is 13.8 Å². The molecule has 162 valence electrons. The highest BCUT2D eigenvalue weighted by Crippen LogP contribution is 2.39. The molecule has 0 radical (unpaired) electrons. The highest BCUT2D eigenvalue weighted by atomic mass is 16.2. The Hall–Kier alpha value is -3.17. The molecule has 2 aromatic rings. The number of carbonyl (C=O) groups is 2. The number of carbonyl (C=O) groups excluding carboxylic acids is 2. The van der Waals surface area contributed by atoms with Crippen molar-refractivity contribution in [2.45, 2.75) is 57.2 Å². The van der Waals surface area contributed by atoms with Gasteiger partial charge in [0.2, 0.25) is 11.8 Å². The first-order valence-electron chi connectivity index (χ1n) is 10.6. The molecule has 0 saturated carbocycles. The average molecular weight is 419 g/mol. The van der Waals surface area contributed by atoms with Crippen molar-refractivity contribution >= 4 is 11.8 Å². The Morgan fingerprint density at radius 2 is 1.55 bits per heavy atom. The highest BCUT2D eigenvalue weighted by molar-refractivity contribution is 5.82. The van der Waals surface area contributed by atoms with Gasteiger partial charge in [0, 0.05) is 36.8 Å². The molecule has 2 atom stereocenters. The van der Waals surface area contributed by atoms with E-state index in [9.17, 15) is 14.9 Å². The molecule has 1 aliphatic heterocycles. The summed E-state index contributed by atoms with van der Waals surface area (Å²) in [7, 11) is 0. The zero-order valence-electron chi connectivity index (χ0n) is 18.1. The number of piperidine rings is 1. The summed E-state index contributed by atoms with van der Waals surface area (Å²) in [6, 6.07) is 22.2. The van der Waals surface area contributed by atoms with Gasteiger partial charge >= 0.3 is 0 Å². The van der Waals surface area contributed by atoms with Crippen LogP contribution in [0.25, 0.3) is 0 Å². The highest BCUT2D eigenvalue weighted by Gasteiger charge is 2.43. The number of amides is 2. The van der Waals surface area contributed by atoms with Crippen LogP contribution in [0.2, 0.25) is 0 Å². The van der Waals surface area contributed by atoms with Gasteiger partial charge in [0.25, 0.3) is 0 Å². The minimum Gasteiger partial charge on any atom is -0.369 e. The number of hydrogen-bond acceptors (Lipinski definition) is 4. The molecule has 1 aliphatic rings. The molecule has 1 fully saturated rings. The van der Waals surface area contributed by atoms with Gasteiger partial charge in [-0.15, -0.1) is 0 Å². The van der Waals surface area contributed by atoms with Crippen molar-refractivity contribution in [3.63, 3.8) is 0 Å². The molecule has 0 spiro atoms. The normalized spacial score (nSPS) is 23.5. The van der Waals surface area contributed by atoms with E-state index < -0.39 is 16.9 Å². The van der Waals surface area contributed by atoms with Crippen LogP contribution in [0.3, 0.4) is 0 Å². The quantitative estimate of drug-likeness (QED) is 0.639. The number of nitrogens with one attached hydrogen (secondary N) is 2. The maximum Gasteiger partial charge on any atom is 0.223 e. The van der Waals surface area contributed by atoms with Gasteiger partial charge in [-0.05, 0) is 17.5 Å². The summed E-state index contributed by atoms with van der Waals surface area (Å²) in [4.78, 5) is 24.4. The van der Waals surface area contributed by atoms with E-state index in [1.807, 2.05) is 60.7 Å². The summed E-state index contributed by atoms with van der Waals surface area (Å²) in [6.07, 6.45) is 1.39. The van der Waals surface area contributed by atoms with Crippen LogP contribution in [0, 0.1) is 16.7 Å². The number of nitrogens with zero attached hydrogens (tertiary/aromatic N) is 1. The lowest BCUT2D eigenvalue weighted by molar-refractivity contribution is -0.127. The monoisotopic (exact) mass is 418 g/mol. The Morgan fingerprint density at radius 1 is 1.06 bits per heavy atom. The maximum atomic E-state index is 12.8. The van der Waals surface area contributed by atoms with Gasteiger partial charge in [0.1, 0.15) is 5.54 Å². The van der Waals surface area contributed by atoms with Gasteiger partial charge in [-0.1, -0.05) is 74.5 Å². The van der Waals surface area contributed by atoms with E-state index in [4.69, 9.17) is 5.73 Å². The minimum absolute atomic E-state index is 0.0813. The molecular weight excluding hydrogens is 388 g/mol. The summed E-state index contributed by atoms with van der Waals surface area (Å²) in [6.45, 7) is 3.45. The van der Waals surface area contributed by atoms with Crippen LogP contribution in [-0.4, -0.2) is 17.4 Å². The lowest BCUT2D eigenvalue weighted by Gasteiger charge is -2.42. The molecule has 6 nitrogen and oxygen atoms in total. The molecule has 0 aromatic heterocycles. The first-order chi connectivity index (χ1) is 14.7. The van der Waals surface area contributed by atoms with Gasteiger partial charge in [-0.25, -0.2) is 0 Å². The van der Waals surface area contributed by atoms with Crippen molar-refractivity contribution in [3.05, 3.63) is 71.8 Å². The van der Waals surface area contributed by atoms with E-state index in [2.05, 4.69) is 16.7 Å². The van der Waals surface area contributed by atoms with E-state index in [-0.39, 0.29) is 24.4 Å². The molecule has 2 aromatic carbocycles. The average Bonchev–Trinajstić information content (AvgIpc) is 2.78. The lowest BCUT2D eigenvalue weighted by atomic mass is 9.77. The number of nitrogens with two attached hydrogens (primary N) is 1. The smallest absolute Gasteiger partial charge is 0.223 e. The van der Waals surface area contributed by atoms with Crippen LogP contribution in [0.15, 0.2) is 60.7 Å². The van der Waals surface area contributed by atoms with Crippen LogP contribution >= 0.6 is 0 Å².